The van der Waals surface area contributed by atoms with Gasteiger partial charge in [0, 0.05) is 19.7 Å². The van der Waals surface area contributed by atoms with Crippen LogP contribution in [0.1, 0.15) is 12.8 Å². The zero-order valence-corrected chi connectivity index (χ0v) is 10.2. The predicted molar refractivity (Wildman–Crippen MR) is 62.6 cm³/mol. The Hall–Kier alpha value is -1.67. The standard InChI is InChI=1S/C9H14N4O3S/c1-3-4-5-8(14)11-9-7(17(10,15)16)6-13(2)12-9/h3,6H,1,4-5H2,2H3,(H2,10,15,16)(H,11,12,14). The van der Waals surface area contributed by atoms with E-state index in [2.05, 4.69) is 17.0 Å². The summed E-state index contributed by atoms with van der Waals surface area (Å²) in [4.78, 5) is 11.2. The van der Waals surface area contributed by atoms with Crippen LogP contribution in [0.25, 0.3) is 0 Å². The number of nitrogens with one attached hydrogen (secondary N) is 1. The van der Waals surface area contributed by atoms with Crippen LogP contribution in [0.5, 0.6) is 0 Å². The SMILES string of the molecule is C=CCCC(=O)Nc1nn(C)cc1S(N)(=O)=O. The Balaban J connectivity index is 2.91. The number of hydrogen-bond acceptors (Lipinski definition) is 4. The van der Waals surface area contributed by atoms with Gasteiger partial charge in [0.2, 0.25) is 15.9 Å². The lowest BCUT2D eigenvalue weighted by molar-refractivity contribution is -0.116. The second-order valence-corrected chi connectivity index (χ2v) is 4.97. The molecule has 3 N–H and O–H groups in total. The molecule has 0 saturated heterocycles. The first-order valence-corrected chi connectivity index (χ1v) is 6.36. The number of primary sulfonamides is 1. The molecule has 0 aliphatic heterocycles. The highest BCUT2D eigenvalue weighted by atomic mass is 32.2. The van der Waals surface area contributed by atoms with Gasteiger partial charge in [-0.15, -0.1) is 6.58 Å². The van der Waals surface area contributed by atoms with Gasteiger partial charge in [0.15, 0.2) is 5.82 Å². The van der Waals surface area contributed by atoms with Gasteiger partial charge in [0.1, 0.15) is 4.90 Å². The lowest BCUT2D eigenvalue weighted by atomic mass is 10.3. The molecule has 1 heterocycles. The molecule has 0 aromatic carbocycles. The van der Waals surface area contributed by atoms with Gasteiger partial charge in [-0.2, -0.15) is 5.10 Å². The molecule has 0 saturated carbocycles. The van der Waals surface area contributed by atoms with E-state index in [0.717, 1.165) is 0 Å². The first-order valence-electron chi connectivity index (χ1n) is 4.82. The molecule has 0 atom stereocenters. The van der Waals surface area contributed by atoms with Crippen molar-refractivity contribution >= 4 is 21.7 Å². The monoisotopic (exact) mass is 258 g/mol. The van der Waals surface area contributed by atoms with Gasteiger partial charge in [-0.25, -0.2) is 13.6 Å². The smallest absolute Gasteiger partial charge is 0.243 e. The van der Waals surface area contributed by atoms with E-state index in [0.29, 0.717) is 6.42 Å². The van der Waals surface area contributed by atoms with E-state index in [1.165, 1.54) is 17.9 Å². The maximum absolute atomic E-state index is 11.4. The van der Waals surface area contributed by atoms with Gasteiger partial charge in [-0.3, -0.25) is 9.48 Å². The molecule has 0 spiro atoms. The average Bonchev–Trinajstić information content (AvgIpc) is 2.56. The van der Waals surface area contributed by atoms with Crippen molar-refractivity contribution in [1.29, 1.82) is 0 Å². The van der Waals surface area contributed by atoms with Gasteiger partial charge in [-0.05, 0) is 6.42 Å². The number of nitrogens with two attached hydrogens (primary N) is 1. The molecule has 1 aromatic heterocycles. The highest BCUT2D eigenvalue weighted by Crippen LogP contribution is 2.17. The predicted octanol–water partition coefficient (Wildman–Crippen LogP) is -0.0278. The molecule has 1 amide bonds. The third-order valence-corrected chi connectivity index (χ3v) is 2.85. The number of carbonyl (C=O) groups excluding carboxylic acids is 1. The largest absolute Gasteiger partial charge is 0.308 e. The Bertz CT molecular complexity index is 532. The number of carbonyl (C=O) groups is 1. The van der Waals surface area contributed by atoms with Gasteiger partial charge < -0.3 is 5.32 Å². The van der Waals surface area contributed by atoms with Crippen molar-refractivity contribution in [1.82, 2.24) is 9.78 Å². The van der Waals surface area contributed by atoms with Crippen molar-refractivity contribution in [3.63, 3.8) is 0 Å². The molecule has 1 aromatic rings. The molecule has 7 nitrogen and oxygen atoms in total. The van der Waals surface area contributed by atoms with E-state index in [-0.39, 0.29) is 23.0 Å². The number of anilines is 1. The lowest BCUT2D eigenvalue weighted by Gasteiger charge is -2.02. The summed E-state index contributed by atoms with van der Waals surface area (Å²) in [6.07, 6.45) is 3.55. The number of aryl methyl sites for hydroxylation is 1. The van der Waals surface area contributed by atoms with Gasteiger partial charge in [0.05, 0.1) is 0 Å². The minimum atomic E-state index is -3.90. The number of amides is 1. The van der Waals surface area contributed by atoms with Gasteiger partial charge in [-0.1, -0.05) is 6.08 Å². The van der Waals surface area contributed by atoms with E-state index >= 15 is 0 Å². The number of hydrogen-bond donors (Lipinski definition) is 2. The number of allylic oxidation sites excluding steroid dienone is 1. The van der Waals surface area contributed by atoms with Crippen molar-refractivity contribution in [2.75, 3.05) is 5.32 Å². The molecular formula is C9H14N4O3S. The summed E-state index contributed by atoms with van der Waals surface area (Å²) < 4.78 is 23.7. The molecule has 94 valence electrons. The first kappa shape index (κ1) is 13.4. The van der Waals surface area contributed by atoms with Crippen LogP contribution in [0.4, 0.5) is 5.82 Å². The summed E-state index contributed by atoms with van der Waals surface area (Å²) in [5, 5.41) is 11.2. The maximum atomic E-state index is 11.4. The Morgan fingerprint density at radius 3 is 2.88 bits per heavy atom. The van der Waals surface area contributed by atoms with E-state index in [1.54, 1.807) is 6.08 Å². The Morgan fingerprint density at radius 1 is 1.71 bits per heavy atom. The van der Waals surface area contributed by atoms with Gasteiger partial charge >= 0.3 is 0 Å². The molecule has 0 fully saturated rings. The third-order valence-electron chi connectivity index (χ3n) is 1.94. The first-order chi connectivity index (χ1) is 7.84. The van der Waals surface area contributed by atoms with Crippen molar-refractivity contribution in [2.45, 2.75) is 17.7 Å². The molecule has 0 aliphatic rings. The molecule has 0 bridgehead atoms. The summed E-state index contributed by atoms with van der Waals surface area (Å²) in [5.41, 5.74) is 0. The second-order valence-electron chi connectivity index (χ2n) is 3.44. The van der Waals surface area contributed by atoms with E-state index in [9.17, 15) is 13.2 Å². The summed E-state index contributed by atoms with van der Waals surface area (Å²) in [6.45, 7) is 3.48. The minimum Gasteiger partial charge on any atom is -0.308 e. The zero-order chi connectivity index (χ0) is 13.1. The number of rotatable bonds is 5. The maximum Gasteiger partial charge on any atom is 0.243 e. The van der Waals surface area contributed by atoms with Crippen LogP contribution in [-0.4, -0.2) is 24.1 Å². The molecule has 17 heavy (non-hydrogen) atoms. The topological polar surface area (TPSA) is 107 Å². The second kappa shape index (κ2) is 5.11. The fraction of sp³-hybridized carbons (Fsp3) is 0.333. The van der Waals surface area contributed by atoms with E-state index in [1.807, 2.05) is 0 Å². The summed E-state index contributed by atoms with van der Waals surface area (Å²) in [7, 11) is -2.36. The quantitative estimate of drug-likeness (QED) is 0.723. The molecule has 0 radical (unpaired) electrons. The third kappa shape index (κ3) is 3.68. The number of aromatic nitrogens is 2. The van der Waals surface area contributed by atoms with Crippen LogP contribution in [0.3, 0.4) is 0 Å². The van der Waals surface area contributed by atoms with E-state index < -0.39 is 10.0 Å². The highest BCUT2D eigenvalue weighted by molar-refractivity contribution is 7.89. The normalized spacial score (nSPS) is 11.2. The number of nitrogens with zero attached hydrogens (tertiary/aromatic N) is 2. The van der Waals surface area contributed by atoms with E-state index in [4.69, 9.17) is 5.14 Å². The minimum absolute atomic E-state index is 0.0518. The summed E-state index contributed by atoms with van der Waals surface area (Å²) in [5.74, 6) is -0.391. The molecule has 1 rings (SSSR count). The zero-order valence-electron chi connectivity index (χ0n) is 9.38. The van der Waals surface area contributed by atoms with Crippen LogP contribution in [0, 0.1) is 0 Å². The van der Waals surface area contributed by atoms with Crippen LogP contribution < -0.4 is 10.5 Å². The fourth-order valence-corrected chi connectivity index (χ4v) is 1.85. The van der Waals surface area contributed by atoms with Crippen molar-refractivity contribution in [2.24, 2.45) is 12.2 Å². The average molecular weight is 258 g/mol. The Labute approximate surface area is 99.4 Å². The van der Waals surface area contributed by atoms with Gasteiger partial charge in [0.25, 0.3) is 0 Å². The van der Waals surface area contributed by atoms with Crippen LogP contribution in [0.15, 0.2) is 23.7 Å². The van der Waals surface area contributed by atoms with Crippen LogP contribution >= 0.6 is 0 Å². The lowest BCUT2D eigenvalue weighted by Crippen LogP contribution is -2.17. The van der Waals surface area contributed by atoms with Crippen LogP contribution in [-0.2, 0) is 21.9 Å². The van der Waals surface area contributed by atoms with Crippen molar-refractivity contribution in [3.05, 3.63) is 18.9 Å². The fourth-order valence-electron chi connectivity index (χ4n) is 1.19. The van der Waals surface area contributed by atoms with Crippen molar-refractivity contribution in [3.8, 4) is 0 Å². The van der Waals surface area contributed by atoms with Crippen molar-refractivity contribution < 1.29 is 13.2 Å². The highest BCUT2D eigenvalue weighted by Gasteiger charge is 2.19. The molecule has 0 aliphatic carbocycles. The number of sulfonamides is 1. The molecular weight excluding hydrogens is 244 g/mol. The molecule has 8 heteroatoms. The summed E-state index contributed by atoms with van der Waals surface area (Å²) in [6, 6.07) is 0. The molecule has 0 unspecified atom stereocenters. The Morgan fingerprint density at radius 2 is 2.35 bits per heavy atom. The summed E-state index contributed by atoms with van der Waals surface area (Å²) >= 11 is 0. The Kier molecular flexibility index (Phi) is 4.02. The van der Waals surface area contributed by atoms with Crippen LogP contribution in [0.2, 0.25) is 0 Å².